The topological polar surface area (TPSA) is 95.3 Å². The molecule has 0 fully saturated rings. The maximum absolute atomic E-state index is 11.4. The van der Waals surface area contributed by atoms with Gasteiger partial charge in [0.1, 0.15) is 6.07 Å². The van der Waals surface area contributed by atoms with Crippen molar-refractivity contribution >= 4 is 45.6 Å². The number of carbonyl (C=O) groups is 1. The molecule has 0 atom stereocenters. The summed E-state index contributed by atoms with van der Waals surface area (Å²) in [5, 5.41) is 9.05. The highest BCUT2D eigenvalue weighted by atomic mass is 32.2. The molecule has 0 saturated heterocycles. The standard InChI is InChI=1S/C19H16N2OS.O3S/c1-3-21-16-6-4-5-7-18(16)23-19-11-14(8-9-17(19)21)10-15(12-20)13(2)22;1-4(2)3/h4-11H,3H2,1-2H3;. The summed E-state index contributed by atoms with van der Waals surface area (Å²) < 4.78 is 25.3. The molecule has 8 heteroatoms. The summed E-state index contributed by atoms with van der Waals surface area (Å²) in [6, 6.07) is 16.4. The first kappa shape index (κ1) is 20.4. The van der Waals surface area contributed by atoms with Crippen molar-refractivity contribution < 1.29 is 17.4 Å². The van der Waals surface area contributed by atoms with Crippen molar-refractivity contribution in [2.24, 2.45) is 0 Å². The lowest BCUT2D eigenvalue weighted by Gasteiger charge is -2.32. The van der Waals surface area contributed by atoms with Crippen molar-refractivity contribution in [1.82, 2.24) is 0 Å². The van der Waals surface area contributed by atoms with Gasteiger partial charge in [-0.15, -0.1) is 12.6 Å². The molecule has 0 unspecified atom stereocenters. The number of rotatable bonds is 3. The maximum atomic E-state index is 11.4. The minimum absolute atomic E-state index is 0.179. The molecule has 3 rings (SSSR count). The molecule has 0 bridgehead atoms. The zero-order valence-corrected chi connectivity index (χ0v) is 16.3. The van der Waals surface area contributed by atoms with Crippen LogP contribution in [0, 0.1) is 11.3 Å². The number of hydrogen-bond donors (Lipinski definition) is 0. The number of anilines is 2. The Labute approximate surface area is 163 Å². The van der Waals surface area contributed by atoms with Gasteiger partial charge in [0.25, 0.3) is 0 Å². The summed E-state index contributed by atoms with van der Waals surface area (Å²) in [5.74, 6) is -0.210. The molecule has 1 aliphatic rings. The molecule has 0 amide bonds. The van der Waals surface area contributed by atoms with Crippen molar-refractivity contribution in [3.05, 3.63) is 53.6 Å². The highest BCUT2D eigenvalue weighted by Gasteiger charge is 2.21. The van der Waals surface area contributed by atoms with Gasteiger partial charge in [-0.05, 0) is 49.8 Å². The Morgan fingerprint density at radius 1 is 1.15 bits per heavy atom. The first-order valence-corrected chi connectivity index (χ1v) is 9.77. The number of allylic oxidation sites excluding steroid dienone is 1. The number of nitriles is 1. The van der Waals surface area contributed by atoms with Crippen molar-refractivity contribution in [3.63, 3.8) is 0 Å². The van der Waals surface area contributed by atoms with Crippen LogP contribution < -0.4 is 4.90 Å². The number of para-hydroxylation sites is 1. The molecule has 0 spiro atoms. The fourth-order valence-corrected chi connectivity index (χ4v) is 3.80. The quantitative estimate of drug-likeness (QED) is 0.571. The fraction of sp³-hybridized carbons (Fsp3) is 0.158. The van der Waals surface area contributed by atoms with Crippen molar-refractivity contribution in [2.75, 3.05) is 11.4 Å². The number of nitrogens with zero attached hydrogens (tertiary/aromatic N) is 2. The van der Waals surface area contributed by atoms with E-state index in [1.165, 1.54) is 17.5 Å². The monoisotopic (exact) mass is 400 g/mol. The SMILES string of the molecule is CCN1c2ccccc2Sc2cc(C=C(C#N)C(C)=O)ccc21.O=S(=O)=O. The number of benzene rings is 2. The number of hydrogen-bond acceptors (Lipinski definition) is 7. The van der Waals surface area contributed by atoms with E-state index in [1.807, 2.05) is 24.3 Å². The molecule has 0 radical (unpaired) electrons. The van der Waals surface area contributed by atoms with Crippen LogP contribution in [0.5, 0.6) is 0 Å². The first-order valence-electron chi connectivity index (χ1n) is 7.95. The molecular weight excluding hydrogens is 384 g/mol. The Morgan fingerprint density at radius 2 is 1.78 bits per heavy atom. The van der Waals surface area contributed by atoms with Gasteiger partial charge in [-0.3, -0.25) is 4.79 Å². The summed E-state index contributed by atoms with van der Waals surface area (Å²) in [6.45, 7) is 4.43. The van der Waals surface area contributed by atoms with Gasteiger partial charge in [0, 0.05) is 16.3 Å². The summed E-state index contributed by atoms with van der Waals surface area (Å²) in [7, 11) is -3.11. The summed E-state index contributed by atoms with van der Waals surface area (Å²) in [6.07, 6.45) is 1.65. The maximum Gasteiger partial charge on any atom is 0.425 e. The van der Waals surface area contributed by atoms with Gasteiger partial charge >= 0.3 is 10.6 Å². The highest BCUT2D eigenvalue weighted by Crippen LogP contribution is 2.48. The van der Waals surface area contributed by atoms with Crippen LogP contribution in [0.2, 0.25) is 0 Å². The Hall–Kier alpha value is -2.89. The Balaban J connectivity index is 0.000000596. The third kappa shape index (κ3) is 5.06. The molecule has 1 heterocycles. The van der Waals surface area contributed by atoms with E-state index < -0.39 is 10.6 Å². The molecule has 0 saturated carbocycles. The average molecular weight is 400 g/mol. The minimum Gasteiger partial charge on any atom is -0.340 e. The van der Waals surface area contributed by atoms with E-state index in [0.29, 0.717) is 0 Å². The second-order valence-corrected chi connectivity index (χ2v) is 6.96. The first-order chi connectivity index (χ1) is 12.9. The zero-order valence-electron chi connectivity index (χ0n) is 14.7. The molecule has 1 aliphatic heterocycles. The largest absolute Gasteiger partial charge is 0.425 e. The number of carbonyl (C=O) groups excluding carboxylic acids is 1. The molecule has 27 heavy (non-hydrogen) atoms. The second-order valence-electron chi connectivity index (χ2n) is 5.47. The van der Waals surface area contributed by atoms with Gasteiger partial charge in [0.2, 0.25) is 0 Å². The summed E-state index contributed by atoms with van der Waals surface area (Å²) in [5.41, 5.74) is 3.43. The molecular formula is C19H16N2O4S2. The van der Waals surface area contributed by atoms with Crippen molar-refractivity contribution in [2.45, 2.75) is 23.6 Å². The minimum atomic E-state index is -3.11. The predicted molar refractivity (Wildman–Crippen MR) is 104 cm³/mol. The van der Waals surface area contributed by atoms with E-state index in [9.17, 15) is 4.79 Å². The zero-order chi connectivity index (χ0) is 20.0. The highest BCUT2D eigenvalue weighted by molar-refractivity contribution is 7.99. The third-order valence-corrected chi connectivity index (χ3v) is 4.89. The second kappa shape index (κ2) is 9.16. The van der Waals surface area contributed by atoms with Crippen LogP contribution >= 0.6 is 11.8 Å². The van der Waals surface area contributed by atoms with Gasteiger partial charge in [0.15, 0.2) is 5.78 Å². The smallest absolute Gasteiger partial charge is 0.340 e. The fourth-order valence-electron chi connectivity index (χ4n) is 2.66. The molecule has 2 aromatic rings. The van der Waals surface area contributed by atoms with E-state index >= 15 is 0 Å². The van der Waals surface area contributed by atoms with Crippen LogP contribution in [-0.4, -0.2) is 25.0 Å². The van der Waals surface area contributed by atoms with Crippen molar-refractivity contribution in [1.29, 1.82) is 5.26 Å². The van der Waals surface area contributed by atoms with Gasteiger partial charge in [0.05, 0.1) is 16.9 Å². The number of Topliss-reactive ketones (excluding diaryl/α,β-unsaturated/α-hetero) is 1. The van der Waals surface area contributed by atoms with Crippen molar-refractivity contribution in [3.8, 4) is 6.07 Å². The van der Waals surface area contributed by atoms with Crippen LogP contribution in [-0.2, 0) is 15.4 Å². The summed E-state index contributed by atoms with van der Waals surface area (Å²) in [4.78, 5) is 16.1. The molecule has 0 aromatic heterocycles. The van der Waals surface area contributed by atoms with Gasteiger partial charge in [-0.2, -0.15) is 5.26 Å². The molecule has 2 aromatic carbocycles. The van der Waals surface area contributed by atoms with Crippen LogP contribution in [0.3, 0.4) is 0 Å². The van der Waals surface area contributed by atoms with Gasteiger partial charge in [-0.1, -0.05) is 30.0 Å². The van der Waals surface area contributed by atoms with Crippen LogP contribution in [0.1, 0.15) is 19.4 Å². The molecule has 138 valence electrons. The number of ketones is 1. The van der Waals surface area contributed by atoms with E-state index in [-0.39, 0.29) is 11.4 Å². The predicted octanol–water partition coefficient (Wildman–Crippen LogP) is 3.80. The molecule has 6 nitrogen and oxygen atoms in total. The van der Waals surface area contributed by atoms with E-state index in [1.54, 1.807) is 17.8 Å². The lowest BCUT2D eigenvalue weighted by Crippen LogP contribution is -2.19. The molecule has 0 aliphatic carbocycles. The Morgan fingerprint density at radius 3 is 2.37 bits per heavy atom. The van der Waals surface area contributed by atoms with E-state index in [4.69, 9.17) is 17.9 Å². The Kier molecular flexibility index (Phi) is 6.93. The van der Waals surface area contributed by atoms with E-state index in [2.05, 4.69) is 36.1 Å². The van der Waals surface area contributed by atoms with Gasteiger partial charge < -0.3 is 4.90 Å². The lowest BCUT2D eigenvalue weighted by molar-refractivity contribution is -0.113. The van der Waals surface area contributed by atoms with Crippen LogP contribution in [0.25, 0.3) is 6.08 Å². The van der Waals surface area contributed by atoms with Gasteiger partial charge in [-0.25, -0.2) is 0 Å². The number of fused-ring (bicyclic) bond motifs is 2. The summed E-state index contributed by atoms with van der Waals surface area (Å²) >= 11 is 1.72. The molecule has 0 N–H and O–H groups in total. The van der Waals surface area contributed by atoms with Crippen LogP contribution in [0.4, 0.5) is 11.4 Å². The normalized spacial score (nSPS) is 12.0. The Bertz CT molecular complexity index is 1050. The average Bonchev–Trinajstić information content (AvgIpc) is 2.63. The lowest BCUT2D eigenvalue weighted by atomic mass is 10.1. The van der Waals surface area contributed by atoms with E-state index in [0.717, 1.165) is 22.7 Å². The third-order valence-electron chi connectivity index (χ3n) is 3.78. The van der Waals surface area contributed by atoms with Crippen LogP contribution in [0.15, 0.2) is 57.8 Å².